The van der Waals surface area contributed by atoms with Gasteiger partial charge in [0.25, 0.3) is 6.01 Å². The van der Waals surface area contributed by atoms with Crippen molar-refractivity contribution in [3.63, 3.8) is 0 Å². The van der Waals surface area contributed by atoms with E-state index in [0.29, 0.717) is 23.3 Å². The van der Waals surface area contributed by atoms with Crippen molar-refractivity contribution >= 4 is 24.6 Å². The number of nitrogen functional groups attached to an aromatic ring is 1. The number of aromatic nitrogens is 4. The Morgan fingerprint density at radius 2 is 1.97 bits per heavy atom. The van der Waals surface area contributed by atoms with Gasteiger partial charge in [-0.3, -0.25) is 9.13 Å². The summed E-state index contributed by atoms with van der Waals surface area (Å²) in [6, 6.07) is 7.47. The van der Waals surface area contributed by atoms with Crippen LogP contribution in [0.3, 0.4) is 0 Å². The highest BCUT2D eigenvalue weighted by atomic mass is 31.2. The van der Waals surface area contributed by atoms with Crippen molar-refractivity contribution in [3.8, 4) is 12.0 Å². The van der Waals surface area contributed by atoms with Crippen LogP contribution >= 0.6 is 7.60 Å². The van der Waals surface area contributed by atoms with Gasteiger partial charge in [0.05, 0.1) is 26.4 Å². The third-order valence-electron chi connectivity index (χ3n) is 4.31. The van der Waals surface area contributed by atoms with E-state index in [1.54, 1.807) is 29.7 Å². The lowest BCUT2D eigenvalue weighted by Crippen LogP contribution is -2.18. The highest BCUT2D eigenvalue weighted by Gasteiger charge is 2.20. The number of anilines is 1. The van der Waals surface area contributed by atoms with E-state index in [1.165, 1.54) is 14.2 Å². The molecule has 0 bridgehead atoms. The topological polar surface area (TPSA) is 155 Å². The van der Waals surface area contributed by atoms with E-state index >= 15 is 0 Å². The second-order valence-corrected chi connectivity index (χ2v) is 8.61. The zero-order valence-electron chi connectivity index (χ0n) is 16.8. The van der Waals surface area contributed by atoms with Gasteiger partial charge in [0.15, 0.2) is 17.0 Å². The summed E-state index contributed by atoms with van der Waals surface area (Å²) in [7, 11) is -1.01. The standard InChI is InChI=1S/C18H24N5O6P/c1-11(9-24)29-17-21-15(19)14-16(22-17)23(18(20-14)27-2)8-12-5-4-6-13(7-12)10-30(25,26)28-3/h4-7,11,24H,8-10H2,1-3H3,(H,25,26)(H2,19,21,22). The summed E-state index contributed by atoms with van der Waals surface area (Å²) in [5.41, 5.74) is 8.24. The quantitative estimate of drug-likeness (QED) is 0.420. The molecule has 0 aliphatic rings. The van der Waals surface area contributed by atoms with Crippen molar-refractivity contribution in [2.45, 2.75) is 25.7 Å². The maximum absolute atomic E-state index is 11.9. The van der Waals surface area contributed by atoms with Gasteiger partial charge in [0.2, 0.25) is 0 Å². The molecule has 0 saturated heterocycles. The first-order valence-electron chi connectivity index (χ1n) is 9.07. The molecule has 0 aliphatic carbocycles. The zero-order valence-corrected chi connectivity index (χ0v) is 17.7. The molecular formula is C18H24N5O6P. The summed E-state index contributed by atoms with van der Waals surface area (Å²) in [6.45, 7) is 1.78. The van der Waals surface area contributed by atoms with Gasteiger partial charge >= 0.3 is 13.6 Å². The lowest BCUT2D eigenvalue weighted by atomic mass is 10.1. The highest BCUT2D eigenvalue weighted by molar-refractivity contribution is 7.51. The van der Waals surface area contributed by atoms with Crippen molar-refractivity contribution in [1.29, 1.82) is 0 Å². The van der Waals surface area contributed by atoms with E-state index in [1.807, 2.05) is 6.07 Å². The Bertz CT molecular complexity index is 1090. The molecule has 0 spiro atoms. The number of fused-ring (bicyclic) bond motifs is 1. The summed E-state index contributed by atoms with van der Waals surface area (Å²) in [4.78, 5) is 22.5. The van der Waals surface area contributed by atoms with Crippen LogP contribution in [-0.2, 0) is 21.8 Å². The number of imidazole rings is 1. The van der Waals surface area contributed by atoms with Crippen LogP contribution < -0.4 is 15.2 Å². The molecule has 3 aromatic rings. The summed E-state index contributed by atoms with van der Waals surface area (Å²) < 4.78 is 29.1. The number of aliphatic hydroxyl groups is 1. The summed E-state index contributed by atoms with van der Waals surface area (Å²) in [6.07, 6.45) is -0.613. The number of methoxy groups -OCH3 is 1. The van der Waals surface area contributed by atoms with Crippen LogP contribution in [0.4, 0.5) is 5.82 Å². The first-order valence-corrected chi connectivity index (χ1v) is 10.8. The molecule has 2 atom stereocenters. The minimum absolute atomic E-state index is 0.0143. The minimum Gasteiger partial charge on any atom is -0.468 e. The highest BCUT2D eigenvalue weighted by Crippen LogP contribution is 2.44. The summed E-state index contributed by atoms with van der Waals surface area (Å²) >= 11 is 0. The molecule has 0 fully saturated rings. The molecule has 1 aromatic carbocycles. The number of hydrogen-bond donors (Lipinski definition) is 3. The maximum Gasteiger partial charge on any atom is 0.332 e. The second-order valence-electron chi connectivity index (χ2n) is 6.66. The monoisotopic (exact) mass is 437 g/mol. The normalized spacial score (nSPS) is 14.4. The molecule has 0 radical (unpaired) electrons. The van der Waals surface area contributed by atoms with Crippen LogP contribution in [0.5, 0.6) is 12.0 Å². The third-order valence-corrected chi connectivity index (χ3v) is 5.65. The molecule has 0 aliphatic heterocycles. The average Bonchev–Trinajstić information content (AvgIpc) is 3.06. The Balaban J connectivity index is 2.00. The predicted octanol–water partition coefficient (Wildman–Crippen LogP) is 1.56. The van der Waals surface area contributed by atoms with Gasteiger partial charge in [0, 0.05) is 7.11 Å². The first kappa shape index (κ1) is 22.0. The van der Waals surface area contributed by atoms with Crippen LogP contribution in [-0.4, -0.2) is 56.4 Å². The Morgan fingerprint density at radius 3 is 2.63 bits per heavy atom. The fourth-order valence-corrected chi connectivity index (χ4v) is 3.64. The van der Waals surface area contributed by atoms with Gasteiger partial charge < -0.3 is 29.7 Å². The van der Waals surface area contributed by atoms with Crippen molar-refractivity contribution in [2.24, 2.45) is 0 Å². The van der Waals surface area contributed by atoms with Crippen molar-refractivity contribution in [2.75, 3.05) is 26.6 Å². The van der Waals surface area contributed by atoms with E-state index < -0.39 is 13.7 Å². The van der Waals surface area contributed by atoms with Gasteiger partial charge in [-0.15, -0.1) is 0 Å². The molecule has 2 heterocycles. The van der Waals surface area contributed by atoms with E-state index in [9.17, 15) is 14.6 Å². The van der Waals surface area contributed by atoms with E-state index in [-0.39, 0.29) is 30.6 Å². The number of benzene rings is 1. The number of rotatable bonds is 9. The lowest BCUT2D eigenvalue weighted by Gasteiger charge is -2.12. The van der Waals surface area contributed by atoms with Crippen molar-refractivity contribution in [3.05, 3.63) is 35.4 Å². The van der Waals surface area contributed by atoms with Gasteiger partial charge in [-0.25, -0.2) is 0 Å². The van der Waals surface area contributed by atoms with E-state index in [4.69, 9.17) is 15.2 Å². The van der Waals surface area contributed by atoms with Crippen LogP contribution in [0, 0.1) is 0 Å². The van der Waals surface area contributed by atoms with Gasteiger partial charge in [-0.2, -0.15) is 15.0 Å². The predicted molar refractivity (Wildman–Crippen MR) is 110 cm³/mol. The molecule has 0 amide bonds. The Kier molecular flexibility index (Phi) is 6.57. The third kappa shape index (κ3) is 4.88. The number of nitrogens with two attached hydrogens (primary N) is 1. The number of hydrogen-bond acceptors (Lipinski definition) is 9. The molecule has 2 aromatic heterocycles. The molecule has 30 heavy (non-hydrogen) atoms. The smallest absolute Gasteiger partial charge is 0.332 e. The Hall–Kier alpha value is -2.72. The van der Waals surface area contributed by atoms with Crippen LogP contribution in [0.2, 0.25) is 0 Å². The first-order chi connectivity index (χ1) is 14.3. The Labute approximate surface area is 173 Å². The molecule has 12 heteroatoms. The average molecular weight is 437 g/mol. The molecule has 4 N–H and O–H groups in total. The molecule has 162 valence electrons. The lowest BCUT2D eigenvalue weighted by molar-refractivity contribution is 0.120. The van der Waals surface area contributed by atoms with Gasteiger partial charge in [-0.1, -0.05) is 24.3 Å². The van der Waals surface area contributed by atoms with Crippen LogP contribution in [0.1, 0.15) is 18.1 Å². The molecule has 0 saturated carbocycles. The number of aliphatic hydroxyl groups excluding tert-OH is 1. The largest absolute Gasteiger partial charge is 0.468 e. The number of ether oxygens (including phenoxy) is 2. The molecule has 11 nitrogen and oxygen atoms in total. The van der Waals surface area contributed by atoms with Crippen molar-refractivity contribution in [1.82, 2.24) is 19.5 Å². The summed E-state index contributed by atoms with van der Waals surface area (Å²) in [5.74, 6) is 0.118. The fourth-order valence-electron chi connectivity index (χ4n) is 2.85. The van der Waals surface area contributed by atoms with Gasteiger partial charge in [0.1, 0.15) is 6.10 Å². The van der Waals surface area contributed by atoms with E-state index in [2.05, 4.69) is 19.5 Å². The van der Waals surface area contributed by atoms with Crippen LogP contribution in [0.25, 0.3) is 11.2 Å². The fraction of sp³-hybridized carbons (Fsp3) is 0.389. The summed E-state index contributed by atoms with van der Waals surface area (Å²) in [5, 5.41) is 9.20. The van der Waals surface area contributed by atoms with Crippen molar-refractivity contribution < 1.29 is 28.6 Å². The Morgan fingerprint density at radius 1 is 1.23 bits per heavy atom. The van der Waals surface area contributed by atoms with Crippen LogP contribution in [0.15, 0.2) is 24.3 Å². The van der Waals surface area contributed by atoms with Gasteiger partial charge in [-0.05, 0) is 18.1 Å². The minimum atomic E-state index is -3.69. The SMILES string of the molecule is COc1nc2c(N)nc(OC(C)CO)nc2n1Cc1cccc(CP(=O)(O)OC)c1. The number of nitrogens with zero attached hydrogens (tertiary/aromatic N) is 4. The molecule has 3 rings (SSSR count). The second kappa shape index (κ2) is 8.97. The molecule has 2 unspecified atom stereocenters. The molecular weight excluding hydrogens is 413 g/mol. The maximum atomic E-state index is 11.9. The zero-order chi connectivity index (χ0) is 21.9. The van der Waals surface area contributed by atoms with E-state index in [0.717, 1.165) is 5.56 Å².